The van der Waals surface area contributed by atoms with E-state index in [-0.39, 0.29) is 24.0 Å². The van der Waals surface area contributed by atoms with Crippen LogP contribution in [0.4, 0.5) is 5.69 Å². The Labute approximate surface area is 172 Å². The van der Waals surface area contributed by atoms with Gasteiger partial charge in [0.1, 0.15) is 0 Å². The lowest BCUT2D eigenvalue weighted by Gasteiger charge is -2.20. The van der Waals surface area contributed by atoms with Crippen LogP contribution in [0, 0.1) is 6.92 Å². The van der Waals surface area contributed by atoms with Crippen molar-refractivity contribution < 1.29 is 0 Å². The first-order chi connectivity index (χ1) is 11.7. The fraction of sp³-hybridized carbons (Fsp3) is 0.444. The molecule has 0 atom stereocenters. The molecule has 138 valence electrons. The standard InChI is InChI=1S/C18H27N5S.HI/c1-4-19-18(20-11-10-16-14-24-15(2)22-16)21-12-13-23(3)17-8-6-5-7-9-17;/h5-9,14H,4,10-13H2,1-3H3,(H2,19,20,21);1H. The van der Waals surface area contributed by atoms with Crippen LogP contribution in [0.1, 0.15) is 17.6 Å². The lowest BCUT2D eigenvalue weighted by Crippen LogP contribution is -2.41. The maximum atomic E-state index is 4.63. The van der Waals surface area contributed by atoms with E-state index in [0.29, 0.717) is 0 Å². The summed E-state index contributed by atoms with van der Waals surface area (Å²) < 4.78 is 0. The zero-order valence-electron chi connectivity index (χ0n) is 15.2. The lowest BCUT2D eigenvalue weighted by atomic mass is 10.3. The number of rotatable bonds is 8. The van der Waals surface area contributed by atoms with Gasteiger partial charge in [0.05, 0.1) is 10.7 Å². The Morgan fingerprint density at radius 1 is 1.24 bits per heavy atom. The molecule has 0 saturated heterocycles. The molecule has 1 heterocycles. The van der Waals surface area contributed by atoms with Gasteiger partial charge in [0.2, 0.25) is 0 Å². The predicted octanol–water partition coefficient (Wildman–Crippen LogP) is 3.30. The van der Waals surface area contributed by atoms with E-state index in [9.17, 15) is 0 Å². The van der Waals surface area contributed by atoms with Crippen LogP contribution in [0.25, 0.3) is 0 Å². The van der Waals surface area contributed by atoms with Crippen molar-refractivity contribution in [2.45, 2.75) is 20.3 Å². The molecule has 0 amide bonds. The number of anilines is 1. The lowest BCUT2D eigenvalue weighted by molar-refractivity contribution is 0.777. The molecule has 7 heteroatoms. The van der Waals surface area contributed by atoms with Crippen molar-refractivity contribution in [2.75, 3.05) is 38.1 Å². The van der Waals surface area contributed by atoms with Crippen LogP contribution in [0.2, 0.25) is 0 Å². The van der Waals surface area contributed by atoms with Crippen LogP contribution >= 0.6 is 35.3 Å². The molecule has 0 fully saturated rings. The van der Waals surface area contributed by atoms with Gasteiger partial charge in [-0.2, -0.15) is 0 Å². The van der Waals surface area contributed by atoms with Crippen LogP contribution in [0.15, 0.2) is 40.7 Å². The van der Waals surface area contributed by atoms with E-state index < -0.39 is 0 Å². The van der Waals surface area contributed by atoms with E-state index in [1.807, 2.05) is 13.0 Å². The minimum absolute atomic E-state index is 0. The maximum Gasteiger partial charge on any atom is 0.191 e. The molecular formula is C18H28IN5S. The van der Waals surface area contributed by atoms with Crippen LogP contribution in [-0.4, -0.2) is 44.2 Å². The highest BCUT2D eigenvalue weighted by Gasteiger charge is 2.02. The van der Waals surface area contributed by atoms with Crippen molar-refractivity contribution in [2.24, 2.45) is 4.99 Å². The predicted molar refractivity (Wildman–Crippen MR) is 120 cm³/mol. The van der Waals surface area contributed by atoms with Gasteiger partial charge in [-0.15, -0.1) is 35.3 Å². The smallest absolute Gasteiger partial charge is 0.191 e. The Morgan fingerprint density at radius 2 is 2.00 bits per heavy atom. The molecule has 0 saturated carbocycles. The van der Waals surface area contributed by atoms with Gasteiger partial charge in [0, 0.05) is 50.7 Å². The zero-order chi connectivity index (χ0) is 17.2. The number of benzene rings is 1. The molecular weight excluding hydrogens is 445 g/mol. The van der Waals surface area contributed by atoms with Gasteiger partial charge >= 0.3 is 0 Å². The normalized spacial score (nSPS) is 10.9. The SMILES string of the molecule is CCNC(=NCCc1csc(C)n1)NCCN(C)c1ccccc1.I. The van der Waals surface area contributed by atoms with E-state index in [1.165, 1.54) is 5.69 Å². The van der Waals surface area contributed by atoms with Crippen molar-refractivity contribution in [3.63, 3.8) is 0 Å². The number of aryl methyl sites for hydroxylation is 1. The first-order valence-corrected chi connectivity index (χ1v) is 9.26. The molecule has 1 aromatic carbocycles. The van der Waals surface area contributed by atoms with Gasteiger partial charge in [-0.3, -0.25) is 4.99 Å². The second-order valence-electron chi connectivity index (χ2n) is 5.55. The Morgan fingerprint density at radius 3 is 2.64 bits per heavy atom. The van der Waals surface area contributed by atoms with Crippen LogP contribution in [-0.2, 0) is 6.42 Å². The summed E-state index contributed by atoms with van der Waals surface area (Å²) in [6.07, 6.45) is 0.880. The molecule has 2 rings (SSSR count). The van der Waals surface area contributed by atoms with Gasteiger partial charge in [-0.05, 0) is 26.0 Å². The van der Waals surface area contributed by atoms with Gasteiger partial charge in [0.15, 0.2) is 5.96 Å². The van der Waals surface area contributed by atoms with Crippen LogP contribution in [0.3, 0.4) is 0 Å². The van der Waals surface area contributed by atoms with Crippen molar-refractivity contribution in [3.8, 4) is 0 Å². The van der Waals surface area contributed by atoms with E-state index >= 15 is 0 Å². The fourth-order valence-electron chi connectivity index (χ4n) is 2.30. The summed E-state index contributed by atoms with van der Waals surface area (Å²) in [7, 11) is 2.10. The highest BCUT2D eigenvalue weighted by Crippen LogP contribution is 2.10. The number of nitrogens with one attached hydrogen (secondary N) is 2. The number of para-hydroxylation sites is 1. The minimum Gasteiger partial charge on any atom is -0.373 e. The first-order valence-electron chi connectivity index (χ1n) is 8.38. The van der Waals surface area contributed by atoms with Gasteiger partial charge in [-0.25, -0.2) is 4.98 Å². The number of guanidine groups is 1. The summed E-state index contributed by atoms with van der Waals surface area (Å²) in [6.45, 7) is 7.47. The number of nitrogens with zero attached hydrogens (tertiary/aromatic N) is 3. The number of hydrogen-bond donors (Lipinski definition) is 2. The number of aromatic nitrogens is 1. The number of thiazole rings is 1. The molecule has 0 radical (unpaired) electrons. The second-order valence-corrected chi connectivity index (χ2v) is 6.61. The summed E-state index contributed by atoms with van der Waals surface area (Å²) in [5.41, 5.74) is 2.35. The molecule has 0 aliphatic heterocycles. The average molecular weight is 473 g/mol. The van der Waals surface area contributed by atoms with E-state index in [0.717, 1.165) is 49.3 Å². The highest BCUT2D eigenvalue weighted by atomic mass is 127. The van der Waals surface area contributed by atoms with Crippen molar-refractivity contribution in [3.05, 3.63) is 46.4 Å². The summed E-state index contributed by atoms with van der Waals surface area (Å²) in [5.74, 6) is 0.867. The Bertz CT molecular complexity index is 629. The highest BCUT2D eigenvalue weighted by molar-refractivity contribution is 14.0. The van der Waals surface area contributed by atoms with Crippen molar-refractivity contribution >= 4 is 47.0 Å². The summed E-state index contributed by atoms with van der Waals surface area (Å²) in [4.78, 5) is 11.3. The van der Waals surface area contributed by atoms with Gasteiger partial charge in [0.25, 0.3) is 0 Å². The average Bonchev–Trinajstić information content (AvgIpc) is 3.01. The molecule has 1 aromatic heterocycles. The van der Waals surface area contributed by atoms with Crippen molar-refractivity contribution in [1.29, 1.82) is 0 Å². The van der Waals surface area contributed by atoms with E-state index in [1.54, 1.807) is 11.3 Å². The van der Waals surface area contributed by atoms with Crippen molar-refractivity contribution in [1.82, 2.24) is 15.6 Å². The number of hydrogen-bond acceptors (Lipinski definition) is 4. The zero-order valence-corrected chi connectivity index (χ0v) is 18.3. The van der Waals surface area contributed by atoms with Gasteiger partial charge < -0.3 is 15.5 Å². The Balaban J connectivity index is 0.00000312. The number of likely N-dealkylation sites (N-methyl/N-ethyl adjacent to an activating group) is 1. The topological polar surface area (TPSA) is 52.6 Å². The molecule has 2 aromatic rings. The third kappa shape index (κ3) is 8.04. The van der Waals surface area contributed by atoms with E-state index in [4.69, 9.17) is 0 Å². The summed E-state index contributed by atoms with van der Waals surface area (Å²) >= 11 is 1.69. The molecule has 0 aliphatic carbocycles. The van der Waals surface area contributed by atoms with Gasteiger partial charge in [-0.1, -0.05) is 18.2 Å². The second kappa shape index (κ2) is 12.1. The number of aliphatic imine (C=N–C) groups is 1. The third-order valence-corrected chi connectivity index (χ3v) is 4.41. The number of halogens is 1. The van der Waals surface area contributed by atoms with Crippen LogP contribution in [0.5, 0.6) is 0 Å². The van der Waals surface area contributed by atoms with E-state index in [2.05, 4.69) is 69.1 Å². The largest absolute Gasteiger partial charge is 0.373 e. The maximum absolute atomic E-state index is 4.63. The minimum atomic E-state index is 0. The molecule has 0 unspecified atom stereocenters. The molecule has 25 heavy (non-hydrogen) atoms. The molecule has 5 nitrogen and oxygen atoms in total. The quantitative estimate of drug-likeness (QED) is 0.351. The Kier molecular flexibility index (Phi) is 10.5. The molecule has 0 bridgehead atoms. The first kappa shape index (κ1) is 21.7. The third-order valence-electron chi connectivity index (χ3n) is 3.59. The molecule has 0 aliphatic rings. The summed E-state index contributed by atoms with van der Waals surface area (Å²) in [5, 5.41) is 9.91. The van der Waals surface area contributed by atoms with Crippen LogP contribution < -0.4 is 15.5 Å². The fourth-order valence-corrected chi connectivity index (χ4v) is 2.95. The monoisotopic (exact) mass is 473 g/mol. The molecule has 0 spiro atoms. The molecule has 2 N–H and O–H groups in total. The Hall–Kier alpha value is -1.35. The summed E-state index contributed by atoms with van der Waals surface area (Å²) in [6, 6.07) is 10.4.